The molecule has 2 N–H and O–H groups in total. The van der Waals surface area contributed by atoms with Gasteiger partial charge in [0, 0.05) is 0 Å². The molecule has 0 saturated carbocycles. The first-order valence-corrected chi connectivity index (χ1v) is 3.47. The number of aliphatic hydroxyl groups is 2. The normalized spacial score (nSPS) is 56.5. The van der Waals surface area contributed by atoms with Crippen LogP contribution in [-0.4, -0.2) is 47.6 Å². The van der Waals surface area contributed by atoms with Crippen LogP contribution >= 0.6 is 0 Å². The summed E-state index contributed by atoms with van der Waals surface area (Å²) in [4.78, 5) is 0. The molecule has 2 aliphatic heterocycles. The molecule has 2 rings (SSSR count). The zero-order valence-electron chi connectivity index (χ0n) is 5.68. The van der Waals surface area contributed by atoms with E-state index in [0.29, 0.717) is 0 Å². The molecular formula is C6H9FO4. The molecule has 2 fully saturated rings. The number of alkyl halides is 1. The molecule has 0 aliphatic carbocycles. The van der Waals surface area contributed by atoms with Gasteiger partial charge in [-0.2, -0.15) is 0 Å². The maximum absolute atomic E-state index is 12.9. The Bertz CT molecular complexity index is 145. The largest absolute Gasteiger partial charge is 0.387 e. The Balaban J connectivity index is 2.16. The van der Waals surface area contributed by atoms with Gasteiger partial charge < -0.3 is 19.7 Å². The van der Waals surface area contributed by atoms with E-state index in [1.54, 1.807) is 0 Å². The summed E-state index contributed by atoms with van der Waals surface area (Å²) < 4.78 is 22.6. The highest BCUT2D eigenvalue weighted by Gasteiger charge is 2.49. The first-order valence-electron chi connectivity index (χ1n) is 3.47. The van der Waals surface area contributed by atoms with E-state index < -0.39 is 30.8 Å². The smallest absolute Gasteiger partial charge is 0.192 e. The average molecular weight is 164 g/mol. The van der Waals surface area contributed by atoms with Crippen molar-refractivity contribution in [2.24, 2.45) is 0 Å². The number of fused-ring (bicyclic) bond motifs is 2. The fourth-order valence-electron chi connectivity index (χ4n) is 1.36. The van der Waals surface area contributed by atoms with Gasteiger partial charge in [-0.15, -0.1) is 0 Å². The van der Waals surface area contributed by atoms with E-state index in [1.165, 1.54) is 0 Å². The molecule has 2 bridgehead atoms. The Labute approximate surface area is 62.5 Å². The van der Waals surface area contributed by atoms with Crippen LogP contribution < -0.4 is 0 Å². The quantitative estimate of drug-likeness (QED) is 0.472. The topological polar surface area (TPSA) is 58.9 Å². The Morgan fingerprint density at radius 3 is 2.73 bits per heavy atom. The maximum Gasteiger partial charge on any atom is 0.192 e. The SMILES string of the molecule is O[C@H]1[C@H](O)[C@H]2CO[C@@H](O2)[C@@H]1F. The summed E-state index contributed by atoms with van der Waals surface area (Å²) in [7, 11) is 0. The minimum atomic E-state index is -1.64. The number of aliphatic hydroxyl groups excluding tert-OH is 2. The number of rotatable bonds is 0. The molecule has 64 valence electrons. The summed E-state index contributed by atoms with van der Waals surface area (Å²) in [6, 6.07) is 0. The van der Waals surface area contributed by atoms with Crippen molar-refractivity contribution in [2.45, 2.75) is 30.8 Å². The van der Waals surface area contributed by atoms with Crippen molar-refractivity contribution >= 4 is 0 Å². The maximum atomic E-state index is 12.9. The molecule has 0 unspecified atom stereocenters. The van der Waals surface area contributed by atoms with Crippen LogP contribution in [0, 0.1) is 0 Å². The molecule has 2 aliphatic rings. The Morgan fingerprint density at radius 1 is 1.27 bits per heavy atom. The molecular weight excluding hydrogens is 155 g/mol. The summed E-state index contributed by atoms with van der Waals surface area (Å²) in [5, 5.41) is 18.2. The highest BCUT2D eigenvalue weighted by molar-refractivity contribution is 4.92. The molecule has 4 nitrogen and oxygen atoms in total. The van der Waals surface area contributed by atoms with Crippen molar-refractivity contribution in [2.75, 3.05) is 6.61 Å². The summed E-state index contributed by atoms with van der Waals surface area (Å²) in [5.41, 5.74) is 0. The lowest BCUT2D eigenvalue weighted by Crippen LogP contribution is -2.51. The van der Waals surface area contributed by atoms with Crippen LogP contribution in [0.3, 0.4) is 0 Å². The third-order valence-corrected chi connectivity index (χ3v) is 2.05. The second kappa shape index (κ2) is 2.38. The van der Waals surface area contributed by atoms with Crippen molar-refractivity contribution < 1.29 is 24.1 Å². The molecule has 0 radical (unpaired) electrons. The number of hydrogen-bond acceptors (Lipinski definition) is 4. The summed E-state index contributed by atoms with van der Waals surface area (Å²) in [6.45, 7) is 0.156. The minimum Gasteiger partial charge on any atom is -0.387 e. The van der Waals surface area contributed by atoms with Gasteiger partial charge in [-0.25, -0.2) is 4.39 Å². The van der Waals surface area contributed by atoms with Crippen molar-refractivity contribution in [1.29, 1.82) is 0 Å². The van der Waals surface area contributed by atoms with E-state index in [4.69, 9.17) is 19.7 Å². The standard InChI is InChI=1S/C6H9FO4/c7-3-5(9)4(8)2-1-10-6(3)11-2/h2-6,8-9H,1H2/t2-,3-,4-,5-,6+/m1/s1. The highest BCUT2D eigenvalue weighted by Crippen LogP contribution is 2.29. The predicted octanol–water partition coefficient (Wildman–Crippen LogP) is -1.20. The summed E-state index contributed by atoms with van der Waals surface area (Å²) in [6.07, 6.45) is -5.73. The van der Waals surface area contributed by atoms with E-state index in [0.717, 1.165) is 0 Å². The molecule has 11 heavy (non-hydrogen) atoms. The van der Waals surface area contributed by atoms with Gasteiger partial charge in [0.1, 0.15) is 18.3 Å². The fourth-order valence-corrected chi connectivity index (χ4v) is 1.36. The van der Waals surface area contributed by atoms with E-state index >= 15 is 0 Å². The zero-order chi connectivity index (χ0) is 8.01. The van der Waals surface area contributed by atoms with Gasteiger partial charge in [0.2, 0.25) is 0 Å². The Hall–Kier alpha value is -0.230. The lowest BCUT2D eigenvalue weighted by atomic mass is 10.0. The zero-order valence-corrected chi connectivity index (χ0v) is 5.68. The first-order chi connectivity index (χ1) is 5.20. The van der Waals surface area contributed by atoms with E-state index in [9.17, 15) is 4.39 Å². The third-order valence-electron chi connectivity index (χ3n) is 2.05. The van der Waals surface area contributed by atoms with Gasteiger partial charge in [-0.05, 0) is 0 Å². The van der Waals surface area contributed by atoms with Gasteiger partial charge in [-0.1, -0.05) is 0 Å². The highest BCUT2D eigenvalue weighted by atomic mass is 19.1. The molecule has 5 atom stereocenters. The van der Waals surface area contributed by atoms with Gasteiger partial charge in [0.05, 0.1) is 6.61 Å². The lowest BCUT2D eigenvalue weighted by molar-refractivity contribution is -0.207. The van der Waals surface area contributed by atoms with Crippen molar-refractivity contribution in [1.82, 2.24) is 0 Å². The van der Waals surface area contributed by atoms with E-state index in [1.807, 2.05) is 0 Å². The molecule has 2 saturated heterocycles. The number of ether oxygens (including phenoxy) is 2. The van der Waals surface area contributed by atoms with Crippen LogP contribution in [0.1, 0.15) is 0 Å². The van der Waals surface area contributed by atoms with Crippen molar-refractivity contribution in [3.8, 4) is 0 Å². The number of hydrogen-bond donors (Lipinski definition) is 2. The second-order valence-electron chi connectivity index (χ2n) is 2.80. The average Bonchev–Trinajstić information content (AvgIpc) is 2.44. The van der Waals surface area contributed by atoms with E-state index in [2.05, 4.69) is 0 Å². The summed E-state index contributed by atoms with van der Waals surface area (Å²) in [5.74, 6) is 0. The van der Waals surface area contributed by atoms with Gasteiger partial charge >= 0.3 is 0 Å². The van der Waals surface area contributed by atoms with Gasteiger partial charge in [-0.3, -0.25) is 0 Å². The molecule has 0 amide bonds. The minimum absolute atomic E-state index is 0.156. The summed E-state index contributed by atoms with van der Waals surface area (Å²) >= 11 is 0. The monoisotopic (exact) mass is 164 g/mol. The first kappa shape index (κ1) is 7.42. The molecule has 2 heterocycles. The van der Waals surface area contributed by atoms with Crippen LogP contribution in [0.15, 0.2) is 0 Å². The molecule has 0 aromatic heterocycles. The molecule has 5 heteroatoms. The third kappa shape index (κ3) is 0.961. The Kier molecular flexibility index (Phi) is 1.61. The predicted molar refractivity (Wildman–Crippen MR) is 31.5 cm³/mol. The fraction of sp³-hybridized carbons (Fsp3) is 1.00. The molecule has 0 spiro atoms. The molecule has 0 aromatic rings. The molecule has 0 aromatic carbocycles. The van der Waals surface area contributed by atoms with Crippen LogP contribution in [0.4, 0.5) is 4.39 Å². The number of halogens is 1. The van der Waals surface area contributed by atoms with Crippen LogP contribution in [-0.2, 0) is 9.47 Å². The van der Waals surface area contributed by atoms with Gasteiger partial charge in [0.25, 0.3) is 0 Å². The van der Waals surface area contributed by atoms with Crippen molar-refractivity contribution in [3.63, 3.8) is 0 Å². The second-order valence-corrected chi connectivity index (χ2v) is 2.80. The van der Waals surface area contributed by atoms with E-state index in [-0.39, 0.29) is 6.61 Å². The van der Waals surface area contributed by atoms with Crippen LogP contribution in [0.5, 0.6) is 0 Å². The van der Waals surface area contributed by atoms with Crippen molar-refractivity contribution in [3.05, 3.63) is 0 Å². The van der Waals surface area contributed by atoms with Crippen LogP contribution in [0.2, 0.25) is 0 Å². The lowest BCUT2D eigenvalue weighted by Gasteiger charge is -2.30. The van der Waals surface area contributed by atoms with Gasteiger partial charge in [0.15, 0.2) is 12.5 Å². The Morgan fingerprint density at radius 2 is 2.00 bits per heavy atom. The van der Waals surface area contributed by atoms with Crippen LogP contribution in [0.25, 0.3) is 0 Å².